The van der Waals surface area contributed by atoms with E-state index in [1.807, 2.05) is 12.1 Å². The van der Waals surface area contributed by atoms with Gasteiger partial charge in [0.1, 0.15) is 28.7 Å². The molecule has 1 saturated heterocycles. The Balaban J connectivity index is 1.70. The second-order valence-electron chi connectivity index (χ2n) is 6.87. The van der Waals surface area contributed by atoms with Gasteiger partial charge in [-0.3, -0.25) is 4.79 Å². The summed E-state index contributed by atoms with van der Waals surface area (Å²) in [5, 5.41) is 0. The van der Waals surface area contributed by atoms with Crippen molar-refractivity contribution in [3.63, 3.8) is 0 Å². The summed E-state index contributed by atoms with van der Waals surface area (Å²) >= 11 is 0. The average molecular weight is 410 g/mol. The van der Waals surface area contributed by atoms with E-state index < -0.39 is 51.2 Å². The van der Waals surface area contributed by atoms with Gasteiger partial charge in [0.2, 0.25) is 15.9 Å². The van der Waals surface area contributed by atoms with Crippen LogP contribution in [0.5, 0.6) is 0 Å². The molecule has 2 atom stereocenters. The number of carbonyl (C=O) groups excluding carboxylic acids is 1. The number of para-hydroxylation sites is 1. The standard InChI is InChI=1S/C19H17F3N2O3S/c20-13-5-6-15(22)18(10-13)28(26,27)24-11-14(21)9-17(24)19(25)23-8-7-12-3-1-2-4-16(12)23/h1-6,10,14,17H,7-9,11H2. The Hall–Kier alpha value is -2.39. The summed E-state index contributed by atoms with van der Waals surface area (Å²) in [6.07, 6.45) is -1.29. The highest BCUT2D eigenvalue weighted by Gasteiger charge is 2.47. The fourth-order valence-electron chi connectivity index (χ4n) is 3.79. The molecule has 2 aliphatic rings. The smallest absolute Gasteiger partial charge is 0.246 e. The maximum Gasteiger partial charge on any atom is 0.246 e. The second kappa shape index (κ2) is 6.89. The summed E-state index contributed by atoms with van der Waals surface area (Å²) in [4.78, 5) is 13.6. The van der Waals surface area contributed by atoms with Crippen LogP contribution in [0.15, 0.2) is 47.4 Å². The maximum absolute atomic E-state index is 14.1. The van der Waals surface area contributed by atoms with Crippen LogP contribution in [-0.2, 0) is 21.2 Å². The number of nitrogens with zero attached hydrogens (tertiary/aromatic N) is 2. The zero-order valence-corrected chi connectivity index (χ0v) is 15.5. The summed E-state index contributed by atoms with van der Waals surface area (Å²) in [6.45, 7) is -0.224. The third-order valence-electron chi connectivity index (χ3n) is 5.12. The molecule has 4 rings (SSSR count). The highest BCUT2D eigenvalue weighted by molar-refractivity contribution is 7.89. The molecule has 5 nitrogen and oxygen atoms in total. The SMILES string of the molecule is O=C(C1CC(F)CN1S(=O)(=O)c1cc(F)ccc1F)N1CCc2ccccc21. The molecule has 0 bridgehead atoms. The molecule has 148 valence electrons. The van der Waals surface area contributed by atoms with Crippen LogP contribution < -0.4 is 4.90 Å². The monoisotopic (exact) mass is 410 g/mol. The lowest BCUT2D eigenvalue weighted by molar-refractivity contribution is -0.121. The number of anilines is 1. The van der Waals surface area contributed by atoms with Crippen molar-refractivity contribution in [1.82, 2.24) is 4.31 Å². The normalized spacial score (nSPS) is 22.5. The first-order valence-electron chi connectivity index (χ1n) is 8.79. The van der Waals surface area contributed by atoms with Crippen molar-refractivity contribution >= 4 is 21.6 Å². The minimum Gasteiger partial charge on any atom is -0.310 e. The van der Waals surface area contributed by atoms with Crippen molar-refractivity contribution in [3.05, 3.63) is 59.7 Å². The molecule has 2 aromatic carbocycles. The Bertz CT molecular complexity index is 1040. The van der Waals surface area contributed by atoms with Gasteiger partial charge in [-0.2, -0.15) is 4.31 Å². The average Bonchev–Trinajstić information content (AvgIpc) is 3.27. The molecule has 0 radical (unpaired) electrons. The number of alkyl halides is 1. The molecule has 1 fully saturated rings. The van der Waals surface area contributed by atoms with Crippen LogP contribution in [0.25, 0.3) is 0 Å². The van der Waals surface area contributed by atoms with E-state index in [-0.39, 0.29) is 6.42 Å². The lowest BCUT2D eigenvalue weighted by Crippen LogP contribution is -2.47. The number of carbonyl (C=O) groups is 1. The van der Waals surface area contributed by atoms with E-state index in [9.17, 15) is 26.4 Å². The molecule has 2 aliphatic heterocycles. The molecule has 2 heterocycles. The summed E-state index contributed by atoms with van der Waals surface area (Å²) in [7, 11) is -4.60. The number of rotatable bonds is 3. The first-order chi connectivity index (χ1) is 13.3. The van der Waals surface area contributed by atoms with Gasteiger partial charge in [0.25, 0.3) is 0 Å². The lowest BCUT2D eigenvalue weighted by Gasteiger charge is -2.27. The van der Waals surface area contributed by atoms with Crippen molar-refractivity contribution in [2.45, 2.75) is 30.0 Å². The van der Waals surface area contributed by atoms with Crippen LogP contribution in [0.1, 0.15) is 12.0 Å². The second-order valence-corrected chi connectivity index (χ2v) is 8.73. The minimum atomic E-state index is -4.60. The number of sulfonamides is 1. The van der Waals surface area contributed by atoms with Gasteiger partial charge in [-0.15, -0.1) is 0 Å². The summed E-state index contributed by atoms with van der Waals surface area (Å²) < 4.78 is 68.2. The molecule has 0 aromatic heterocycles. The van der Waals surface area contributed by atoms with E-state index in [2.05, 4.69) is 0 Å². The maximum atomic E-state index is 14.1. The highest BCUT2D eigenvalue weighted by atomic mass is 32.2. The van der Waals surface area contributed by atoms with Crippen molar-refractivity contribution in [2.75, 3.05) is 18.0 Å². The Kier molecular flexibility index (Phi) is 4.67. The summed E-state index contributed by atoms with van der Waals surface area (Å²) in [6, 6.07) is 7.92. The molecule has 0 N–H and O–H groups in total. The van der Waals surface area contributed by atoms with Crippen LogP contribution in [0.4, 0.5) is 18.9 Å². The van der Waals surface area contributed by atoms with Gasteiger partial charge >= 0.3 is 0 Å². The molecule has 0 saturated carbocycles. The van der Waals surface area contributed by atoms with Crippen molar-refractivity contribution in [1.29, 1.82) is 0 Å². The lowest BCUT2D eigenvalue weighted by atomic mass is 10.1. The fraction of sp³-hybridized carbons (Fsp3) is 0.316. The summed E-state index contributed by atoms with van der Waals surface area (Å²) in [5.74, 6) is -2.65. The number of amides is 1. The van der Waals surface area contributed by atoms with Gasteiger partial charge in [-0.25, -0.2) is 21.6 Å². The first-order valence-corrected chi connectivity index (χ1v) is 10.2. The predicted octanol–water partition coefficient (Wildman–Crippen LogP) is 2.66. The Morgan fingerprint density at radius 3 is 2.64 bits per heavy atom. The summed E-state index contributed by atoms with van der Waals surface area (Å²) in [5.41, 5.74) is 1.60. The Morgan fingerprint density at radius 2 is 1.86 bits per heavy atom. The number of fused-ring (bicyclic) bond motifs is 1. The van der Waals surface area contributed by atoms with Gasteiger partial charge in [0.15, 0.2) is 0 Å². The predicted molar refractivity (Wildman–Crippen MR) is 96.0 cm³/mol. The first kappa shape index (κ1) is 18.9. The topological polar surface area (TPSA) is 57.7 Å². The number of hydrogen-bond donors (Lipinski definition) is 0. The molecule has 28 heavy (non-hydrogen) atoms. The highest BCUT2D eigenvalue weighted by Crippen LogP contribution is 2.34. The van der Waals surface area contributed by atoms with Crippen molar-refractivity contribution < 1.29 is 26.4 Å². The quantitative estimate of drug-likeness (QED) is 0.782. The van der Waals surface area contributed by atoms with E-state index in [1.54, 1.807) is 12.1 Å². The third kappa shape index (κ3) is 3.08. The molecule has 0 aliphatic carbocycles. The van der Waals surface area contributed by atoms with E-state index in [0.29, 0.717) is 35.1 Å². The molecule has 2 aromatic rings. The molecule has 0 spiro atoms. The van der Waals surface area contributed by atoms with Gasteiger partial charge in [-0.1, -0.05) is 18.2 Å². The number of benzene rings is 2. The number of halogens is 3. The molecular formula is C19H17F3N2O3S. The molecular weight excluding hydrogens is 393 g/mol. The molecule has 1 amide bonds. The van der Waals surface area contributed by atoms with Gasteiger partial charge in [-0.05, 0) is 36.2 Å². The van der Waals surface area contributed by atoms with Crippen LogP contribution in [0, 0.1) is 11.6 Å². The van der Waals surface area contributed by atoms with Gasteiger partial charge < -0.3 is 4.90 Å². The Labute approximate surface area is 160 Å². The van der Waals surface area contributed by atoms with Crippen LogP contribution in [0.3, 0.4) is 0 Å². The third-order valence-corrected chi connectivity index (χ3v) is 7.01. The van der Waals surface area contributed by atoms with Crippen LogP contribution in [0.2, 0.25) is 0 Å². The van der Waals surface area contributed by atoms with Gasteiger partial charge in [0.05, 0.1) is 0 Å². The molecule has 9 heteroatoms. The zero-order chi connectivity index (χ0) is 20.1. The minimum absolute atomic E-state index is 0.326. The van der Waals surface area contributed by atoms with E-state index in [1.165, 1.54) is 4.90 Å². The van der Waals surface area contributed by atoms with Gasteiger partial charge in [0, 0.05) is 25.2 Å². The van der Waals surface area contributed by atoms with Crippen LogP contribution >= 0.6 is 0 Å². The van der Waals surface area contributed by atoms with E-state index >= 15 is 0 Å². The Morgan fingerprint density at radius 1 is 1.11 bits per heavy atom. The number of hydrogen-bond acceptors (Lipinski definition) is 3. The van der Waals surface area contributed by atoms with Crippen molar-refractivity contribution in [2.24, 2.45) is 0 Å². The fourth-order valence-corrected chi connectivity index (χ4v) is 5.49. The zero-order valence-electron chi connectivity index (χ0n) is 14.7. The van der Waals surface area contributed by atoms with E-state index in [4.69, 9.17) is 0 Å². The van der Waals surface area contributed by atoms with E-state index in [0.717, 1.165) is 11.6 Å². The van der Waals surface area contributed by atoms with Crippen LogP contribution in [-0.4, -0.2) is 43.9 Å². The molecule has 2 unspecified atom stereocenters. The largest absolute Gasteiger partial charge is 0.310 e. The van der Waals surface area contributed by atoms with Crippen molar-refractivity contribution in [3.8, 4) is 0 Å².